The molecule has 0 bridgehead atoms. The molecule has 0 aliphatic carbocycles. The number of rotatable bonds is 5. The molecule has 4 nitrogen and oxygen atoms in total. The first-order chi connectivity index (χ1) is 16.6. The molecule has 2 heterocycles. The van der Waals surface area contributed by atoms with Crippen molar-refractivity contribution in [3.8, 4) is 0 Å². The van der Waals surface area contributed by atoms with Crippen LogP contribution in [0.5, 0.6) is 0 Å². The molecule has 0 fully saturated rings. The third-order valence-electron chi connectivity index (χ3n) is 6.31. The summed E-state index contributed by atoms with van der Waals surface area (Å²) in [5.74, 6) is -0.832. The van der Waals surface area contributed by atoms with E-state index in [1.807, 2.05) is 42.6 Å². The van der Waals surface area contributed by atoms with Gasteiger partial charge < -0.3 is 9.80 Å². The van der Waals surface area contributed by atoms with Crippen LogP contribution in [0.3, 0.4) is 0 Å². The predicted octanol–water partition coefficient (Wildman–Crippen LogP) is 6.10. The Hall–Kier alpha value is -3.13. The van der Waals surface area contributed by atoms with Gasteiger partial charge in [0.2, 0.25) is 5.91 Å². The second-order valence-corrected chi connectivity index (χ2v) is 10.1. The van der Waals surface area contributed by atoms with E-state index < -0.39 is 17.6 Å². The van der Waals surface area contributed by atoms with Crippen molar-refractivity contribution in [1.29, 1.82) is 0 Å². The number of benzene rings is 2. The number of carbonyl (C=O) groups excluding carboxylic acids is 2. The molecule has 1 unspecified atom stereocenters. The fourth-order valence-electron chi connectivity index (χ4n) is 4.41. The maximum atomic E-state index is 13.6. The summed E-state index contributed by atoms with van der Waals surface area (Å²) in [6, 6.07) is 13.8. The largest absolute Gasteiger partial charge is 0.416 e. The monoisotopic (exact) mass is 500 g/mol. The van der Waals surface area contributed by atoms with Gasteiger partial charge in [0.25, 0.3) is 5.91 Å². The van der Waals surface area contributed by atoms with E-state index in [2.05, 4.69) is 0 Å². The van der Waals surface area contributed by atoms with Crippen molar-refractivity contribution in [2.75, 3.05) is 13.1 Å². The summed E-state index contributed by atoms with van der Waals surface area (Å²) in [6.07, 6.45) is -3.83. The van der Waals surface area contributed by atoms with Crippen molar-refractivity contribution in [3.05, 3.63) is 92.7 Å². The van der Waals surface area contributed by atoms with Gasteiger partial charge in [0.15, 0.2) is 0 Å². The summed E-state index contributed by atoms with van der Waals surface area (Å²) in [5.41, 5.74) is 2.21. The topological polar surface area (TPSA) is 40.6 Å². The number of fused-ring (bicyclic) bond motifs is 1. The third-order valence-corrected chi connectivity index (χ3v) is 7.30. The van der Waals surface area contributed by atoms with Crippen LogP contribution in [0.15, 0.2) is 60.0 Å². The Morgan fingerprint density at radius 3 is 2.49 bits per heavy atom. The van der Waals surface area contributed by atoms with Crippen molar-refractivity contribution < 1.29 is 22.8 Å². The van der Waals surface area contributed by atoms with Gasteiger partial charge in [0, 0.05) is 23.0 Å². The minimum atomic E-state index is -4.55. The van der Waals surface area contributed by atoms with Crippen molar-refractivity contribution in [2.24, 2.45) is 0 Å². The normalized spacial score (nSPS) is 15.7. The number of thiophene rings is 1. The highest BCUT2D eigenvalue weighted by Crippen LogP contribution is 2.38. The fourth-order valence-corrected chi connectivity index (χ4v) is 5.32. The molecule has 2 aromatic carbocycles. The first-order valence-corrected chi connectivity index (χ1v) is 12.3. The van der Waals surface area contributed by atoms with E-state index in [0.29, 0.717) is 6.54 Å². The average molecular weight is 501 g/mol. The Kier molecular flexibility index (Phi) is 7.03. The van der Waals surface area contributed by atoms with Crippen LogP contribution >= 0.6 is 11.3 Å². The van der Waals surface area contributed by atoms with E-state index in [9.17, 15) is 22.8 Å². The van der Waals surface area contributed by atoms with Crippen LogP contribution in [0, 0.1) is 6.92 Å². The molecule has 0 saturated carbocycles. The summed E-state index contributed by atoms with van der Waals surface area (Å²) in [7, 11) is 0. The Morgan fingerprint density at radius 2 is 1.83 bits per heavy atom. The zero-order chi connectivity index (χ0) is 25.3. The molecule has 0 N–H and O–H groups in total. The summed E-state index contributed by atoms with van der Waals surface area (Å²) >= 11 is 1.67. The third kappa shape index (κ3) is 5.27. The number of carbonyl (C=O) groups is 2. The molecule has 0 radical (unpaired) electrons. The Bertz CT molecular complexity index is 1220. The molecule has 1 aliphatic rings. The van der Waals surface area contributed by atoms with E-state index >= 15 is 0 Å². The van der Waals surface area contributed by atoms with Gasteiger partial charge in [0.05, 0.1) is 11.6 Å². The zero-order valence-corrected chi connectivity index (χ0v) is 20.6. The van der Waals surface area contributed by atoms with Gasteiger partial charge in [0.1, 0.15) is 6.54 Å². The summed E-state index contributed by atoms with van der Waals surface area (Å²) in [6.45, 7) is 5.81. The molecule has 1 aromatic heterocycles. The van der Waals surface area contributed by atoms with E-state index in [0.717, 1.165) is 35.2 Å². The van der Waals surface area contributed by atoms with Crippen molar-refractivity contribution in [2.45, 2.75) is 45.5 Å². The number of halogens is 3. The van der Waals surface area contributed by atoms with E-state index in [1.54, 1.807) is 30.1 Å². The van der Waals surface area contributed by atoms with Gasteiger partial charge in [-0.2, -0.15) is 13.2 Å². The van der Waals surface area contributed by atoms with Gasteiger partial charge in [-0.1, -0.05) is 35.9 Å². The fraction of sp³-hybridized carbons (Fsp3) is 0.333. The van der Waals surface area contributed by atoms with E-state index in [1.165, 1.54) is 21.9 Å². The molecule has 0 saturated heterocycles. The second-order valence-electron chi connectivity index (χ2n) is 9.05. The molecule has 4 rings (SSSR count). The quantitative estimate of drug-likeness (QED) is 0.425. The Labute approximate surface area is 207 Å². The maximum Gasteiger partial charge on any atom is 0.416 e. The summed E-state index contributed by atoms with van der Waals surface area (Å²) < 4.78 is 39.5. The average Bonchev–Trinajstić information content (AvgIpc) is 3.30. The molecule has 184 valence electrons. The maximum absolute atomic E-state index is 13.6. The molecule has 3 aromatic rings. The van der Waals surface area contributed by atoms with Gasteiger partial charge in [-0.25, -0.2) is 0 Å². The lowest BCUT2D eigenvalue weighted by atomic mass is 9.92. The highest BCUT2D eigenvalue weighted by molar-refractivity contribution is 7.10. The molecule has 35 heavy (non-hydrogen) atoms. The predicted molar refractivity (Wildman–Crippen MR) is 130 cm³/mol. The van der Waals surface area contributed by atoms with Crippen LogP contribution in [0.25, 0.3) is 0 Å². The molecule has 1 atom stereocenters. The first-order valence-electron chi connectivity index (χ1n) is 11.5. The number of hydrogen-bond acceptors (Lipinski definition) is 3. The van der Waals surface area contributed by atoms with Gasteiger partial charge >= 0.3 is 6.18 Å². The number of aryl methyl sites for hydroxylation is 1. The van der Waals surface area contributed by atoms with E-state index in [4.69, 9.17) is 0 Å². The number of amides is 2. The first kappa shape index (κ1) is 25.0. The van der Waals surface area contributed by atoms with Gasteiger partial charge in [-0.3, -0.25) is 9.59 Å². The van der Waals surface area contributed by atoms with Crippen LogP contribution in [-0.4, -0.2) is 40.7 Å². The van der Waals surface area contributed by atoms with Crippen molar-refractivity contribution in [3.63, 3.8) is 0 Å². The summed E-state index contributed by atoms with van der Waals surface area (Å²) in [5, 5.41) is 2.03. The van der Waals surface area contributed by atoms with Gasteiger partial charge in [-0.15, -0.1) is 11.3 Å². The van der Waals surface area contributed by atoms with Crippen LogP contribution < -0.4 is 0 Å². The highest BCUT2D eigenvalue weighted by Gasteiger charge is 2.35. The minimum Gasteiger partial charge on any atom is -0.330 e. The number of nitrogens with zero attached hydrogens (tertiary/aromatic N) is 2. The zero-order valence-electron chi connectivity index (χ0n) is 19.8. The lowest BCUT2D eigenvalue weighted by Crippen LogP contribution is -2.48. The second kappa shape index (κ2) is 9.85. The Morgan fingerprint density at radius 1 is 1.11 bits per heavy atom. The standard InChI is InChI=1S/C27H27F3N2O2S/c1-17(2)32(26(34)20-5-4-6-21(15-20)27(28,29)30)16-24(33)31-13-11-23-22(12-14-35-23)25(31)19-9-7-18(3)8-10-19/h4-10,12,14-15,17,25H,11,13,16H2,1-3H3. The number of alkyl halides is 3. The molecular formula is C27H27F3N2O2S. The Balaban J connectivity index is 1.62. The lowest BCUT2D eigenvalue weighted by molar-refractivity contribution is -0.137. The van der Waals surface area contributed by atoms with Crippen LogP contribution in [0.1, 0.15) is 57.4 Å². The lowest BCUT2D eigenvalue weighted by Gasteiger charge is -2.38. The molecule has 8 heteroatoms. The molecular weight excluding hydrogens is 473 g/mol. The molecule has 2 amide bonds. The van der Waals surface area contributed by atoms with Crippen LogP contribution in [0.4, 0.5) is 13.2 Å². The summed E-state index contributed by atoms with van der Waals surface area (Å²) in [4.78, 5) is 31.2. The van der Waals surface area contributed by atoms with Crippen LogP contribution in [-0.2, 0) is 17.4 Å². The molecule has 1 aliphatic heterocycles. The van der Waals surface area contributed by atoms with Crippen LogP contribution in [0.2, 0.25) is 0 Å². The minimum absolute atomic E-state index is 0.0878. The molecule has 0 spiro atoms. The smallest absolute Gasteiger partial charge is 0.330 e. The number of hydrogen-bond donors (Lipinski definition) is 0. The van der Waals surface area contributed by atoms with Gasteiger partial charge in [-0.05, 0) is 68.0 Å². The van der Waals surface area contributed by atoms with Crippen molar-refractivity contribution in [1.82, 2.24) is 9.80 Å². The highest BCUT2D eigenvalue weighted by atomic mass is 32.1. The van der Waals surface area contributed by atoms with E-state index in [-0.39, 0.29) is 30.1 Å². The van der Waals surface area contributed by atoms with Crippen molar-refractivity contribution >= 4 is 23.2 Å². The SMILES string of the molecule is Cc1ccc(C2c3ccsc3CCN2C(=O)CN(C(=O)c2cccc(C(F)(F)F)c2)C(C)C)cc1.